The van der Waals surface area contributed by atoms with Crippen molar-refractivity contribution in [2.75, 3.05) is 19.5 Å². The van der Waals surface area contributed by atoms with Crippen molar-refractivity contribution in [2.45, 2.75) is 26.3 Å². The van der Waals surface area contributed by atoms with E-state index in [0.29, 0.717) is 6.54 Å². The number of methoxy groups -OCH3 is 2. The van der Waals surface area contributed by atoms with Crippen molar-refractivity contribution in [3.63, 3.8) is 0 Å². The molecule has 0 radical (unpaired) electrons. The van der Waals surface area contributed by atoms with E-state index in [2.05, 4.69) is 22.2 Å². The van der Waals surface area contributed by atoms with Crippen LogP contribution >= 0.6 is 0 Å². The van der Waals surface area contributed by atoms with Gasteiger partial charge in [-0.15, -0.1) is 0 Å². The highest BCUT2D eigenvalue weighted by molar-refractivity contribution is 5.44. The fraction of sp³-hybridized carbons (Fsp3) is 0.375. The number of benzene rings is 1. The van der Waals surface area contributed by atoms with Gasteiger partial charge in [-0.3, -0.25) is 0 Å². The first-order chi connectivity index (χ1) is 10.3. The van der Waals surface area contributed by atoms with Gasteiger partial charge in [0, 0.05) is 29.9 Å². The van der Waals surface area contributed by atoms with Crippen molar-refractivity contribution >= 4 is 5.82 Å². The van der Waals surface area contributed by atoms with Crippen LogP contribution in [0.3, 0.4) is 0 Å². The number of nitrogens with one attached hydrogen (secondary N) is 1. The molecule has 0 aliphatic heterocycles. The number of aromatic nitrogens is 2. The number of hydrogen-bond donors (Lipinski definition) is 1. The Morgan fingerprint density at radius 1 is 1.10 bits per heavy atom. The van der Waals surface area contributed by atoms with Gasteiger partial charge in [-0.05, 0) is 18.6 Å². The van der Waals surface area contributed by atoms with Gasteiger partial charge in [0.2, 0.25) is 0 Å². The van der Waals surface area contributed by atoms with Gasteiger partial charge < -0.3 is 14.8 Å². The Hall–Kier alpha value is -2.30. The SMILES string of the molecule is CCCc1cc(NCc2ccc(OC)cc2OC)ncn1. The topological polar surface area (TPSA) is 56.3 Å². The van der Waals surface area contributed by atoms with Gasteiger partial charge in [-0.2, -0.15) is 0 Å². The third kappa shape index (κ3) is 4.08. The number of hydrogen-bond acceptors (Lipinski definition) is 5. The molecule has 0 spiro atoms. The van der Waals surface area contributed by atoms with Crippen LogP contribution in [0.25, 0.3) is 0 Å². The van der Waals surface area contributed by atoms with E-state index >= 15 is 0 Å². The van der Waals surface area contributed by atoms with Crippen LogP contribution in [0.15, 0.2) is 30.6 Å². The highest BCUT2D eigenvalue weighted by Crippen LogP contribution is 2.25. The Morgan fingerprint density at radius 3 is 2.67 bits per heavy atom. The van der Waals surface area contributed by atoms with Crippen molar-refractivity contribution in [3.05, 3.63) is 41.9 Å². The summed E-state index contributed by atoms with van der Waals surface area (Å²) in [4.78, 5) is 8.49. The predicted octanol–water partition coefficient (Wildman–Crippen LogP) is 3.06. The van der Waals surface area contributed by atoms with Crippen LogP contribution in [-0.2, 0) is 13.0 Å². The fourth-order valence-corrected chi connectivity index (χ4v) is 2.07. The number of aryl methyl sites for hydroxylation is 1. The van der Waals surface area contributed by atoms with Crippen molar-refractivity contribution in [3.8, 4) is 11.5 Å². The second kappa shape index (κ2) is 7.47. The Kier molecular flexibility index (Phi) is 5.37. The molecule has 0 atom stereocenters. The lowest BCUT2D eigenvalue weighted by atomic mass is 10.2. The maximum absolute atomic E-state index is 5.39. The van der Waals surface area contributed by atoms with Crippen molar-refractivity contribution in [1.29, 1.82) is 0 Å². The minimum absolute atomic E-state index is 0.635. The van der Waals surface area contributed by atoms with Crippen LogP contribution < -0.4 is 14.8 Å². The van der Waals surface area contributed by atoms with E-state index < -0.39 is 0 Å². The molecule has 1 N–H and O–H groups in total. The van der Waals surface area contributed by atoms with E-state index in [1.165, 1.54) is 0 Å². The molecule has 1 heterocycles. The maximum atomic E-state index is 5.39. The van der Waals surface area contributed by atoms with Gasteiger partial charge in [-0.25, -0.2) is 9.97 Å². The van der Waals surface area contributed by atoms with Gasteiger partial charge in [-0.1, -0.05) is 13.3 Å². The molecule has 0 amide bonds. The average Bonchev–Trinajstić information content (AvgIpc) is 2.53. The zero-order valence-corrected chi connectivity index (χ0v) is 12.7. The summed E-state index contributed by atoms with van der Waals surface area (Å²) in [5, 5.41) is 3.30. The Balaban J connectivity index is 2.07. The highest BCUT2D eigenvalue weighted by Gasteiger charge is 2.05. The highest BCUT2D eigenvalue weighted by atomic mass is 16.5. The molecule has 0 saturated carbocycles. The van der Waals surface area contributed by atoms with Crippen LogP contribution in [0.4, 0.5) is 5.82 Å². The smallest absolute Gasteiger partial charge is 0.129 e. The minimum Gasteiger partial charge on any atom is -0.497 e. The molecule has 2 rings (SSSR count). The quantitative estimate of drug-likeness (QED) is 0.848. The lowest BCUT2D eigenvalue weighted by Gasteiger charge is -2.12. The van der Waals surface area contributed by atoms with Gasteiger partial charge in [0.1, 0.15) is 23.6 Å². The van der Waals surface area contributed by atoms with Crippen LogP contribution in [0, 0.1) is 0 Å². The third-order valence-electron chi connectivity index (χ3n) is 3.18. The third-order valence-corrected chi connectivity index (χ3v) is 3.18. The summed E-state index contributed by atoms with van der Waals surface area (Å²) in [6.45, 7) is 2.77. The molecule has 112 valence electrons. The molecule has 5 heteroatoms. The molecule has 2 aromatic rings. The largest absolute Gasteiger partial charge is 0.497 e. The summed E-state index contributed by atoms with van der Waals surface area (Å²) in [7, 11) is 3.30. The summed E-state index contributed by atoms with van der Waals surface area (Å²) in [6.07, 6.45) is 3.63. The molecule has 21 heavy (non-hydrogen) atoms. The molecule has 0 saturated heterocycles. The van der Waals surface area contributed by atoms with Crippen molar-refractivity contribution in [2.24, 2.45) is 0 Å². The molecule has 0 fully saturated rings. The molecule has 0 aliphatic rings. The number of anilines is 1. The molecular weight excluding hydrogens is 266 g/mol. The Morgan fingerprint density at radius 2 is 1.95 bits per heavy atom. The van der Waals surface area contributed by atoms with Crippen molar-refractivity contribution in [1.82, 2.24) is 9.97 Å². The molecule has 0 unspecified atom stereocenters. The van der Waals surface area contributed by atoms with E-state index in [9.17, 15) is 0 Å². The first-order valence-corrected chi connectivity index (χ1v) is 7.02. The average molecular weight is 287 g/mol. The maximum Gasteiger partial charge on any atom is 0.129 e. The first-order valence-electron chi connectivity index (χ1n) is 7.02. The van der Waals surface area contributed by atoms with E-state index in [0.717, 1.165) is 41.4 Å². The normalized spacial score (nSPS) is 10.2. The number of ether oxygens (including phenoxy) is 2. The van der Waals surface area contributed by atoms with Gasteiger partial charge in [0.15, 0.2) is 0 Å². The first kappa shape index (κ1) is 15.1. The van der Waals surface area contributed by atoms with Crippen molar-refractivity contribution < 1.29 is 9.47 Å². The number of rotatable bonds is 7. The molecule has 0 aliphatic carbocycles. The van der Waals surface area contributed by atoms with E-state index in [4.69, 9.17) is 9.47 Å². The molecule has 1 aromatic carbocycles. The zero-order valence-electron chi connectivity index (χ0n) is 12.7. The lowest BCUT2D eigenvalue weighted by molar-refractivity contribution is 0.391. The summed E-state index contributed by atoms with van der Waals surface area (Å²) in [5.41, 5.74) is 2.10. The summed E-state index contributed by atoms with van der Waals surface area (Å²) in [6, 6.07) is 7.76. The van der Waals surface area contributed by atoms with Crippen LogP contribution in [0.2, 0.25) is 0 Å². The van der Waals surface area contributed by atoms with Gasteiger partial charge in [0.05, 0.1) is 14.2 Å². The molecule has 0 bridgehead atoms. The molecular formula is C16H21N3O2. The minimum atomic E-state index is 0.635. The second-order valence-corrected chi connectivity index (χ2v) is 4.68. The van der Waals surface area contributed by atoms with Crippen LogP contribution in [0.1, 0.15) is 24.6 Å². The zero-order chi connectivity index (χ0) is 15.1. The van der Waals surface area contributed by atoms with E-state index in [1.54, 1.807) is 20.5 Å². The van der Waals surface area contributed by atoms with Gasteiger partial charge in [0.25, 0.3) is 0 Å². The van der Waals surface area contributed by atoms with E-state index in [1.807, 2.05) is 24.3 Å². The standard InChI is InChI=1S/C16H21N3O2/c1-4-5-13-8-16(19-11-18-13)17-10-12-6-7-14(20-2)9-15(12)21-3/h6-9,11H,4-5,10H2,1-3H3,(H,17,18,19). The summed E-state index contributed by atoms with van der Waals surface area (Å²) >= 11 is 0. The summed E-state index contributed by atoms with van der Waals surface area (Å²) in [5.74, 6) is 2.40. The summed E-state index contributed by atoms with van der Waals surface area (Å²) < 4.78 is 10.6. The monoisotopic (exact) mass is 287 g/mol. The Bertz CT molecular complexity index is 587. The lowest BCUT2D eigenvalue weighted by Crippen LogP contribution is -2.04. The molecule has 1 aromatic heterocycles. The van der Waals surface area contributed by atoms with Crippen LogP contribution in [-0.4, -0.2) is 24.2 Å². The van der Waals surface area contributed by atoms with Crippen LogP contribution in [0.5, 0.6) is 11.5 Å². The Labute approximate surface area is 125 Å². The number of nitrogens with zero attached hydrogens (tertiary/aromatic N) is 2. The second-order valence-electron chi connectivity index (χ2n) is 4.68. The molecule has 5 nitrogen and oxygen atoms in total. The van der Waals surface area contributed by atoms with Gasteiger partial charge >= 0.3 is 0 Å². The van der Waals surface area contributed by atoms with E-state index in [-0.39, 0.29) is 0 Å². The fourth-order valence-electron chi connectivity index (χ4n) is 2.07. The predicted molar refractivity (Wildman–Crippen MR) is 82.9 cm³/mol.